The van der Waals surface area contributed by atoms with Crippen LogP contribution in [0, 0.1) is 5.82 Å². The van der Waals surface area contributed by atoms with Crippen molar-refractivity contribution in [3.05, 3.63) is 46.0 Å². The van der Waals surface area contributed by atoms with Crippen molar-refractivity contribution >= 4 is 38.6 Å². The third kappa shape index (κ3) is 3.24. The van der Waals surface area contributed by atoms with E-state index >= 15 is 0 Å². The van der Waals surface area contributed by atoms with Gasteiger partial charge in [0.1, 0.15) is 10.0 Å². The molecule has 0 aliphatic rings. The van der Waals surface area contributed by atoms with E-state index in [2.05, 4.69) is 4.72 Å². The minimum atomic E-state index is -3.73. The zero-order valence-corrected chi connectivity index (χ0v) is 11.9. The van der Waals surface area contributed by atoms with Crippen molar-refractivity contribution in [3.63, 3.8) is 0 Å². The summed E-state index contributed by atoms with van der Waals surface area (Å²) in [5.74, 6) is -0.533. The fourth-order valence-corrected chi connectivity index (χ4v) is 3.96. The van der Waals surface area contributed by atoms with Gasteiger partial charge in [0.05, 0.1) is 10.7 Å². The van der Waals surface area contributed by atoms with E-state index < -0.39 is 15.8 Å². The molecule has 102 valence electrons. The van der Waals surface area contributed by atoms with Crippen LogP contribution in [-0.4, -0.2) is 8.42 Å². The summed E-state index contributed by atoms with van der Waals surface area (Å²) < 4.78 is 39.5. The molecule has 0 atom stereocenters. The predicted octanol–water partition coefficient (Wildman–Crippen LogP) is 2.80. The fraction of sp³-hybridized carbons (Fsp3) is 0.0909. The molecule has 0 fully saturated rings. The van der Waals surface area contributed by atoms with Crippen molar-refractivity contribution in [1.82, 2.24) is 0 Å². The molecule has 1 aromatic heterocycles. The molecular weight excluding hydrogens is 311 g/mol. The lowest BCUT2D eigenvalue weighted by Gasteiger charge is -2.07. The molecule has 4 nitrogen and oxygen atoms in total. The van der Waals surface area contributed by atoms with Gasteiger partial charge in [0, 0.05) is 11.4 Å². The Hall–Kier alpha value is -1.15. The lowest BCUT2D eigenvalue weighted by molar-refractivity contribution is 0.603. The summed E-state index contributed by atoms with van der Waals surface area (Å²) in [6.07, 6.45) is 0. The average Bonchev–Trinajstić information content (AvgIpc) is 2.82. The van der Waals surface area contributed by atoms with Crippen LogP contribution in [0.15, 0.2) is 34.5 Å². The fourth-order valence-electron chi connectivity index (χ4n) is 1.38. The Labute approximate surface area is 119 Å². The van der Waals surface area contributed by atoms with E-state index in [9.17, 15) is 12.8 Å². The van der Waals surface area contributed by atoms with E-state index in [1.165, 1.54) is 12.1 Å². The number of halogens is 2. The highest BCUT2D eigenvalue weighted by Gasteiger charge is 2.18. The second-order valence-corrected chi connectivity index (χ2v) is 7.14. The van der Waals surface area contributed by atoms with Crippen LogP contribution in [-0.2, 0) is 16.6 Å². The maximum atomic E-state index is 12.9. The number of hydrogen-bond acceptors (Lipinski definition) is 4. The van der Waals surface area contributed by atoms with Gasteiger partial charge in [0.25, 0.3) is 10.0 Å². The van der Waals surface area contributed by atoms with Crippen LogP contribution in [0.5, 0.6) is 0 Å². The SMILES string of the molecule is NCc1ccc(S(=O)(=O)Nc2ccc(F)cc2Cl)s1. The average molecular weight is 321 g/mol. The van der Waals surface area contributed by atoms with Gasteiger partial charge in [-0.25, -0.2) is 12.8 Å². The van der Waals surface area contributed by atoms with E-state index in [0.29, 0.717) is 0 Å². The molecule has 0 saturated heterocycles. The molecular formula is C11H10ClFN2O2S2. The van der Waals surface area contributed by atoms with Gasteiger partial charge >= 0.3 is 0 Å². The number of nitrogens with two attached hydrogens (primary N) is 1. The van der Waals surface area contributed by atoms with Gasteiger partial charge in [-0.1, -0.05) is 11.6 Å². The van der Waals surface area contributed by atoms with Crippen LogP contribution < -0.4 is 10.5 Å². The number of rotatable bonds is 4. The lowest BCUT2D eigenvalue weighted by Crippen LogP contribution is -2.11. The quantitative estimate of drug-likeness (QED) is 0.910. The summed E-state index contributed by atoms with van der Waals surface area (Å²) in [4.78, 5) is 0.755. The lowest BCUT2D eigenvalue weighted by atomic mass is 10.3. The van der Waals surface area contributed by atoms with Gasteiger partial charge < -0.3 is 5.73 Å². The first-order valence-corrected chi connectivity index (χ1v) is 7.87. The summed E-state index contributed by atoms with van der Waals surface area (Å²) in [5, 5.41) is -0.000760. The third-order valence-corrected chi connectivity index (χ3v) is 5.56. The zero-order chi connectivity index (χ0) is 14.0. The number of sulfonamides is 1. The summed E-state index contributed by atoms with van der Waals surface area (Å²) in [7, 11) is -3.73. The molecule has 0 unspecified atom stereocenters. The molecule has 19 heavy (non-hydrogen) atoms. The highest BCUT2D eigenvalue weighted by atomic mass is 35.5. The monoisotopic (exact) mass is 320 g/mol. The molecule has 0 amide bonds. The van der Waals surface area contributed by atoms with Gasteiger partial charge in [0.15, 0.2) is 0 Å². The molecule has 1 heterocycles. The largest absolute Gasteiger partial charge is 0.326 e. The van der Waals surface area contributed by atoms with Crippen LogP contribution >= 0.6 is 22.9 Å². The highest BCUT2D eigenvalue weighted by Crippen LogP contribution is 2.28. The molecule has 0 aliphatic carbocycles. The molecule has 1 aromatic carbocycles. The van der Waals surface area contributed by atoms with Crippen molar-refractivity contribution in [2.24, 2.45) is 5.73 Å². The molecule has 0 saturated carbocycles. The minimum Gasteiger partial charge on any atom is -0.326 e. The molecule has 2 aromatic rings. The number of benzene rings is 1. The third-order valence-electron chi connectivity index (χ3n) is 2.28. The Kier molecular flexibility index (Phi) is 4.10. The number of thiophene rings is 1. The minimum absolute atomic E-state index is 0.000760. The number of anilines is 1. The first-order chi connectivity index (χ1) is 8.92. The normalized spacial score (nSPS) is 11.5. The first kappa shape index (κ1) is 14.3. The van der Waals surface area contributed by atoms with Crippen LogP contribution in [0.1, 0.15) is 4.88 Å². The second-order valence-electron chi connectivity index (χ2n) is 3.65. The topological polar surface area (TPSA) is 72.2 Å². The van der Waals surface area contributed by atoms with Gasteiger partial charge in [-0.2, -0.15) is 0 Å². The molecule has 0 spiro atoms. The van der Waals surface area contributed by atoms with Gasteiger partial charge in [-0.3, -0.25) is 4.72 Å². The summed E-state index contributed by atoms with van der Waals surface area (Å²) in [5.41, 5.74) is 5.56. The molecule has 8 heteroatoms. The molecule has 0 bridgehead atoms. The Morgan fingerprint density at radius 1 is 1.32 bits per heavy atom. The Bertz CT molecular complexity index is 700. The number of hydrogen-bond donors (Lipinski definition) is 2. The van der Waals surface area contributed by atoms with E-state index in [-0.39, 0.29) is 21.5 Å². The van der Waals surface area contributed by atoms with Crippen LogP contribution in [0.25, 0.3) is 0 Å². The van der Waals surface area contributed by atoms with Crippen molar-refractivity contribution in [3.8, 4) is 0 Å². The number of nitrogens with one attached hydrogen (secondary N) is 1. The maximum absolute atomic E-state index is 12.9. The molecule has 3 N–H and O–H groups in total. The highest BCUT2D eigenvalue weighted by molar-refractivity contribution is 7.94. The summed E-state index contributed by atoms with van der Waals surface area (Å²) in [6, 6.07) is 6.55. The smallest absolute Gasteiger partial charge is 0.271 e. The predicted molar refractivity (Wildman–Crippen MR) is 74.4 cm³/mol. The maximum Gasteiger partial charge on any atom is 0.271 e. The van der Waals surface area contributed by atoms with Crippen molar-refractivity contribution < 1.29 is 12.8 Å². The summed E-state index contributed by atoms with van der Waals surface area (Å²) >= 11 is 6.85. The molecule has 0 radical (unpaired) electrons. The van der Waals surface area contributed by atoms with Crippen LogP contribution in [0.3, 0.4) is 0 Å². The first-order valence-electron chi connectivity index (χ1n) is 5.19. The van der Waals surface area contributed by atoms with E-state index in [4.69, 9.17) is 17.3 Å². The van der Waals surface area contributed by atoms with E-state index in [0.717, 1.165) is 28.3 Å². The Morgan fingerprint density at radius 3 is 2.63 bits per heavy atom. The van der Waals surface area contributed by atoms with Crippen molar-refractivity contribution in [2.45, 2.75) is 10.8 Å². The van der Waals surface area contributed by atoms with Crippen molar-refractivity contribution in [1.29, 1.82) is 0 Å². The van der Waals surface area contributed by atoms with Gasteiger partial charge in [-0.05, 0) is 30.3 Å². The van der Waals surface area contributed by atoms with Crippen LogP contribution in [0.4, 0.5) is 10.1 Å². The Morgan fingerprint density at radius 2 is 2.05 bits per heavy atom. The van der Waals surface area contributed by atoms with Gasteiger partial charge in [0.2, 0.25) is 0 Å². The van der Waals surface area contributed by atoms with E-state index in [1.54, 1.807) is 6.07 Å². The zero-order valence-electron chi connectivity index (χ0n) is 9.56. The van der Waals surface area contributed by atoms with Crippen LogP contribution in [0.2, 0.25) is 5.02 Å². The standard InChI is InChI=1S/C11H10ClFN2O2S2/c12-9-5-7(13)1-3-10(9)15-19(16,17)11-4-2-8(6-14)18-11/h1-5,15H,6,14H2. The molecule has 0 aliphatic heterocycles. The second kappa shape index (κ2) is 5.46. The van der Waals surface area contributed by atoms with Crippen molar-refractivity contribution in [2.75, 3.05) is 4.72 Å². The van der Waals surface area contributed by atoms with Gasteiger partial charge in [-0.15, -0.1) is 11.3 Å². The summed E-state index contributed by atoms with van der Waals surface area (Å²) in [6.45, 7) is 0.275. The Balaban J connectivity index is 2.30. The molecule has 2 rings (SSSR count). The van der Waals surface area contributed by atoms with E-state index in [1.807, 2.05) is 0 Å².